The summed E-state index contributed by atoms with van der Waals surface area (Å²) in [5.41, 5.74) is -0.0216. The predicted molar refractivity (Wildman–Crippen MR) is 110 cm³/mol. The van der Waals surface area contributed by atoms with Gasteiger partial charge in [-0.1, -0.05) is 31.9 Å². The second-order valence-corrected chi connectivity index (χ2v) is 7.63. The van der Waals surface area contributed by atoms with Gasteiger partial charge in [0.1, 0.15) is 0 Å². The lowest BCUT2D eigenvalue weighted by molar-refractivity contribution is 0.00369. The second-order valence-electron chi connectivity index (χ2n) is 7.63. The molecular formula is C18H33IN4O. The first-order valence-corrected chi connectivity index (χ1v) is 9.15. The Morgan fingerprint density at radius 2 is 2.04 bits per heavy atom. The first-order chi connectivity index (χ1) is 11.1. The first-order valence-electron chi connectivity index (χ1n) is 9.15. The molecule has 0 aromatic heterocycles. The Kier molecular flexibility index (Phi) is 7.37. The van der Waals surface area contributed by atoms with Gasteiger partial charge < -0.3 is 15.3 Å². The molecule has 1 saturated heterocycles. The summed E-state index contributed by atoms with van der Waals surface area (Å²) in [5, 5.41) is 13.9. The Morgan fingerprint density at radius 1 is 1.29 bits per heavy atom. The number of hydrogen-bond acceptors (Lipinski definition) is 3. The maximum absolute atomic E-state index is 10.4. The minimum atomic E-state index is -0.191. The highest BCUT2D eigenvalue weighted by atomic mass is 127. The van der Waals surface area contributed by atoms with Gasteiger partial charge in [0.05, 0.1) is 6.10 Å². The van der Waals surface area contributed by atoms with Gasteiger partial charge in [-0.2, -0.15) is 0 Å². The highest BCUT2D eigenvalue weighted by Gasteiger charge is 2.36. The molecular weight excluding hydrogens is 415 g/mol. The molecule has 3 unspecified atom stereocenters. The Bertz CT molecular complexity index is 462. The normalized spacial score (nSPS) is 34.5. The lowest BCUT2D eigenvalue weighted by atomic mass is 9.73. The van der Waals surface area contributed by atoms with E-state index >= 15 is 0 Å². The van der Waals surface area contributed by atoms with Crippen LogP contribution in [0.15, 0.2) is 17.1 Å². The molecule has 24 heavy (non-hydrogen) atoms. The van der Waals surface area contributed by atoms with Gasteiger partial charge in [0.15, 0.2) is 5.96 Å². The van der Waals surface area contributed by atoms with Crippen molar-refractivity contribution < 1.29 is 5.11 Å². The van der Waals surface area contributed by atoms with Crippen LogP contribution in [0, 0.1) is 5.41 Å². The number of aliphatic hydroxyl groups excluding tert-OH is 1. The van der Waals surface area contributed by atoms with Gasteiger partial charge >= 0.3 is 0 Å². The fourth-order valence-corrected chi connectivity index (χ4v) is 4.23. The largest absolute Gasteiger partial charge is 0.392 e. The van der Waals surface area contributed by atoms with Crippen molar-refractivity contribution in [1.29, 1.82) is 0 Å². The number of nitrogens with zero attached hydrogens (tertiary/aromatic N) is 3. The smallest absolute Gasteiger partial charge is 0.193 e. The van der Waals surface area contributed by atoms with Crippen molar-refractivity contribution in [2.45, 2.75) is 51.2 Å². The number of rotatable bonds is 3. The van der Waals surface area contributed by atoms with Crippen LogP contribution in [0.5, 0.6) is 0 Å². The van der Waals surface area contributed by atoms with Crippen molar-refractivity contribution in [2.24, 2.45) is 10.4 Å². The van der Waals surface area contributed by atoms with Gasteiger partial charge in [0, 0.05) is 51.2 Å². The van der Waals surface area contributed by atoms with E-state index in [2.05, 4.69) is 39.2 Å². The zero-order chi connectivity index (χ0) is 16.3. The van der Waals surface area contributed by atoms with Crippen LogP contribution in [0.25, 0.3) is 0 Å². The number of nitrogens with one attached hydrogen (secondary N) is 1. The Hall–Kier alpha value is -0.340. The third-order valence-corrected chi connectivity index (χ3v) is 5.97. The zero-order valence-electron chi connectivity index (χ0n) is 15.1. The van der Waals surface area contributed by atoms with Crippen molar-refractivity contribution in [3.63, 3.8) is 0 Å². The van der Waals surface area contributed by atoms with E-state index in [1.165, 1.54) is 12.8 Å². The molecule has 5 nitrogen and oxygen atoms in total. The third kappa shape index (κ3) is 4.43. The molecule has 0 amide bonds. The Balaban J connectivity index is 0.00000208. The summed E-state index contributed by atoms with van der Waals surface area (Å²) in [5.74, 6) is 0.999. The van der Waals surface area contributed by atoms with Gasteiger partial charge in [0.25, 0.3) is 0 Å². The van der Waals surface area contributed by atoms with Crippen molar-refractivity contribution in [3.8, 4) is 0 Å². The van der Waals surface area contributed by atoms with Gasteiger partial charge in [-0.3, -0.25) is 9.89 Å². The number of halogens is 1. The molecule has 2 aliphatic heterocycles. The molecule has 2 fully saturated rings. The molecule has 3 rings (SSSR count). The van der Waals surface area contributed by atoms with Crippen LogP contribution in [-0.2, 0) is 0 Å². The topological polar surface area (TPSA) is 51.1 Å². The summed E-state index contributed by atoms with van der Waals surface area (Å²) in [6, 6.07) is 0.638. The minimum Gasteiger partial charge on any atom is -0.392 e. The van der Waals surface area contributed by atoms with E-state index in [0.717, 1.165) is 57.9 Å². The molecule has 1 saturated carbocycles. The molecule has 138 valence electrons. The van der Waals surface area contributed by atoms with Gasteiger partial charge in [0.2, 0.25) is 0 Å². The average molecular weight is 448 g/mol. The summed E-state index contributed by atoms with van der Waals surface area (Å²) in [6.45, 7) is 7.33. The second kappa shape index (κ2) is 8.85. The molecule has 1 aliphatic carbocycles. The van der Waals surface area contributed by atoms with Crippen LogP contribution in [0.2, 0.25) is 0 Å². The van der Waals surface area contributed by atoms with E-state index in [1.807, 2.05) is 7.05 Å². The maximum Gasteiger partial charge on any atom is 0.193 e. The number of aliphatic hydroxyl groups is 1. The summed E-state index contributed by atoms with van der Waals surface area (Å²) < 4.78 is 0. The minimum absolute atomic E-state index is 0. The monoisotopic (exact) mass is 448 g/mol. The SMILES string of the molecule is CN=C(NCC1(C)CCCCC1O)N1CCC(N2CC=CC2)C1.I. The van der Waals surface area contributed by atoms with Crippen LogP contribution >= 0.6 is 24.0 Å². The molecule has 3 atom stereocenters. The highest BCUT2D eigenvalue weighted by Crippen LogP contribution is 2.35. The van der Waals surface area contributed by atoms with E-state index in [9.17, 15) is 5.11 Å². The number of guanidine groups is 1. The van der Waals surface area contributed by atoms with Crippen LogP contribution < -0.4 is 5.32 Å². The summed E-state index contributed by atoms with van der Waals surface area (Å²) >= 11 is 0. The van der Waals surface area contributed by atoms with Crippen LogP contribution in [0.4, 0.5) is 0 Å². The number of hydrogen-bond donors (Lipinski definition) is 2. The summed E-state index contributed by atoms with van der Waals surface area (Å²) in [4.78, 5) is 9.41. The Labute approximate surface area is 163 Å². The molecule has 0 aromatic carbocycles. The molecule has 3 aliphatic rings. The van der Waals surface area contributed by atoms with Crippen molar-refractivity contribution >= 4 is 29.9 Å². The van der Waals surface area contributed by atoms with Crippen molar-refractivity contribution in [3.05, 3.63) is 12.2 Å². The van der Waals surface area contributed by atoms with Crippen molar-refractivity contribution in [2.75, 3.05) is 39.8 Å². The van der Waals surface area contributed by atoms with Gasteiger partial charge in [-0.15, -0.1) is 24.0 Å². The summed E-state index contributed by atoms with van der Waals surface area (Å²) in [6.07, 6.45) is 9.96. The van der Waals surface area contributed by atoms with E-state index < -0.39 is 0 Å². The third-order valence-electron chi connectivity index (χ3n) is 5.97. The highest BCUT2D eigenvalue weighted by molar-refractivity contribution is 14.0. The number of aliphatic imine (C=N–C) groups is 1. The molecule has 2 heterocycles. The van der Waals surface area contributed by atoms with E-state index in [-0.39, 0.29) is 35.5 Å². The summed E-state index contributed by atoms with van der Waals surface area (Å²) in [7, 11) is 1.87. The predicted octanol–water partition coefficient (Wildman–Crippen LogP) is 2.07. The zero-order valence-corrected chi connectivity index (χ0v) is 17.4. The lowest BCUT2D eigenvalue weighted by Gasteiger charge is -2.39. The van der Waals surface area contributed by atoms with Crippen LogP contribution in [0.3, 0.4) is 0 Å². The van der Waals surface area contributed by atoms with Gasteiger partial charge in [-0.05, 0) is 19.3 Å². The quantitative estimate of drug-likeness (QED) is 0.301. The molecule has 2 N–H and O–H groups in total. The molecule has 0 radical (unpaired) electrons. The van der Waals surface area contributed by atoms with E-state index in [4.69, 9.17) is 0 Å². The van der Waals surface area contributed by atoms with E-state index in [0.29, 0.717) is 6.04 Å². The van der Waals surface area contributed by atoms with Crippen LogP contribution in [0.1, 0.15) is 39.0 Å². The number of likely N-dealkylation sites (tertiary alicyclic amines) is 1. The van der Waals surface area contributed by atoms with Crippen molar-refractivity contribution in [1.82, 2.24) is 15.1 Å². The van der Waals surface area contributed by atoms with Crippen LogP contribution in [-0.4, -0.2) is 72.8 Å². The average Bonchev–Trinajstić information content (AvgIpc) is 3.22. The maximum atomic E-state index is 10.4. The van der Waals surface area contributed by atoms with Gasteiger partial charge in [-0.25, -0.2) is 0 Å². The fraction of sp³-hybridized carbons (Fsp3) is 0.833. The standard InChI is InChI=1S/C18H32N4O.HI/c1-18(9-4-3-7-16(18)23)14-20-17(19-2)22-12-8-15(13-22)21-10-5-6-11-21;/h5-6,15-16,23H,3-4,7-14H2,1-2H3,(H,19,20);1H. The molecule has 0 spiro atoms. The Morgan fingerprint density at radius 3 is 2.71 bits per heavy atom. The first kappa shape index (κ1) is 20.0. The molecule has 0 bridgehead atoms. The molecule has 6 heteroatoms. The lowest BCUT2D eigenvalue weighted by Crippen LogP contribution is -2.49. The van der Waals surface area contributed by atoms with E-state index in [1.54, 1.807) is 0 Å². The fourth-order valence-electron chi connectivity index (χ4n) is 4.23. The molecule has 0 aromatic rings.